The summed E-state index contributed by atoms with van der Waals surface area (Å²) in [4.78, 5) is 14.1. The zero-order valence-corrected chi connectivity index (χ0v) is 14.0. The van der Waals surface area contributed by atoms with Crippen LogP contribution in [0.4, 0.5) is 0 Å². The molecular formula is C21H19N3. The number of fused-ring (bicyclic) bond motifs is 2. The van der Waals surface area contributed by atoms with Crippen molar-refractivity contribution in [3.05, 3.63) is 77.5 Å². The summed E-state index contributed by atoms with van der Waals surface area (Å²) in [7, 11) is 0. The summed E-state index contributed by atoms with van der Waals surface area (Å²) in [6.07, 6.45) is 1.64. The van der Waals surface area contributed by atoms with Crippen LogP contribution in [0.2, 0.25) is 0 Å². The minimum Gasteiger partial charge on any atom is -0.258 e. The molecule has 2 heterocycles. The molecule has 0 saturated carbocycles. The van der Waals surface area contributed by atoms with E-state index in [4.69, 9.17) is 9.97 Å². The number of para-hydroxylation sites is 1. The SMILES string of the molecule is Cc1cc2ccccc2c(CCc2nc(C)c3ccccc3n2)n1. The predicted molar refractivity (Wildman–Crippen MR) is 98.2 cm³/mol. The molecule has 0 fully saturated rings. The van der Waals surface area contributed by atoms with Gasteiger partial charge < -0.3 is 0 Å². The summed E-state index contributed by atoms with van der Waals surface area (Å²) in [6.45, 7) is 4.10. The maximum absolute atomic E-state index is 4.75. The van der Waals surface area contributed by atoms with Crippen molar-refractivity contribution in [2.75, 3.05) is 0 Å². The lowest BCUT2D eigenvalue weighted by molar-refractivity contribution is 0.840. The lowest BCUT2D eigenvalue weighted by Crippen LogP contribution is -2.03. The number of pyridine rings is 1. The highest BCUT2D eigenvalue weighted by atomic mass is 14.9. The van der Waals surface area contributed by atoms with Gasteiger partial charge in [-0.25, -0.2) is 9.97 Å². The van der Waals surface area contributed by atoms with Gasteiger partial charge in [0.25, 0.3) is 0 Å². The average molecular weight is 313 g/mol. The van der Waals surface area contributed by atoms with Crippen LogP contribution in [-0.4, -0.2) is 15.0 Å². The summed E-state index contributed by atoms with van der Waals surface area (Å²) in [5, 5.41) is 3.59. The second-order valence-electron chi connectivity index (χ2n) is 6.17. The Hall–Kier alpha value is -2.81. The largest absolute Gasteiger partial charge is 0.258 e. The van der Waals surface area contributed by atoms with Crippen LogP contribution >= 0.6 is 0 Å². The van der Waals surface area contributed by atoms with Crippen LogP contribution in [0.1, 0.15) is 22.9 Å². The lowest BCUT2D eigenvalue weighted by atomic mass is 10.1. The van der Waals surface area contributed by atoms with Crippen molar-refractivity contribution in [3.63, 3.8) is 0 Å². The Balaban J connectivity index is 1.68. The van der Waals surface area contributed by atoms with E-state index in [1.54, 1.807) is 0 Å². The third-order valence-corrected chi connectivity index (χ3v) is 4.37. The van der Waals surface area contributed by atoms with E-state index in [0.29, 0.717) is 0 Å². The van der Waals surface area contributed by atoms with Gasteiger partial charge in [-0.2, -0.15) is 0 Å². The van der Waals surface area contributed by atoms with Gasteiger partial charge in [0.1, 0.15) is 5.82 Å². The van der Waals surface area contributed by atoms with Crippen LogP contribution < -0.4 is 0 Å². The van der Waals surface area contributed by atoms with Crippen LogP contribution in [0.5, 0.6) is 0 Å². The molecule has 0 aliphatic heterocycles. The van der Waals surface area contributed by atoms with Crippen molar-refractivity contribution in [2.24, 2.45) is 0 Å². The number of hydrogen-bond donors (Lipinski definition) is 0. The molecule has 0 atom stereocenters. The van der Waals surface area contributed by atoms with Gasteiger partial charge in [0.2, 0.25) is 0 Å². The fraction of sp³-hybridized carbons (Fsp3) is 0.190. The number of rotatable bonds is 3. The smallest absolute Gasteiger partial charge is 0.129 e. The maximum Gasteiger partial charge on any atom is 0.129 e. The summed E-state index contributed by atoms with van der Waals surface area (Å²) in [5.41, 5.74) is 4.24. The van der Waals surface area contributed by atoms with Gasteiger partial charge in [-0.1, -0.05) is 42.5 Å². The third-order valence-electron chi connectivity index (χ3n) is 4.37. The monoisotopic (exact) mass is 313 g/mol. The van der Waals surface area contributed by atoms with E-state index in [-0.39, 0.29) is 0 Å². The zero-order valence-electron chi connectivity index (χ0n) is 14.0. The Morgan fingerprint density at radius 1 is 0.750 bits per heavy atom. The van der Waals surface area contributed by atoms with Gasteiger partial charge in [-0.05, 0) is 37.8 Å². The molecule has 4 aromatic rings. The molecule has 0 N–H and O–H groups in total. The normalized spacial score (nSPS) is 11.2. The van der Waals surface area contributed by atoms with Gasteiger partial charge in [0.05, 0.1) is 5.52 Å². The fourth-order valence-corrected chi connectivity index (χ4v) is 3.24. The molecule has 0 saturated heterocycles. The van der Waals surface area contributed by atoms with Crippen molar-refractivity contribution in [3.8, 4) is 0 Å². The molecule has 0 aliphatic carbocycles. The predicted octanol–water partition coefficient (Wildman–Crippen LogP) is 4.58. The molecule has 2 aromatic carbocycles. The van der Waals surface area contributed by atoms with Crippen LogP contribution in [0.15, 0.2) is 54.6 Å². The number of nitrogens with zero attached hydrogens (tertiary/aromatic N) is 3. The first-order valence-corrected chi connectivity index (χ1v) is 8.28. The van der Waals surface area contributed by atoms with E-state index in [1.807, 2.05) is 32.0 Å². The molecule has 0 amide bonds. The van der Waals surface area contributed by atoms with E-state index in [0.717, 1.165) is 46.7 Å². The van der Waals surface area contributed by atoms with Crippen molar-refractivity contribution in [1.82, 2.24) is 15.0 Å². The highest BCUT2D eigenvalue weighted by Crippen LogP contribution is 2.20. The van der Waals surface area contributed by atoms with Crippen molar-refractivity contribution in [1.29, 1.82) is 0 Å². The molecule has 0 bridgehead atoms. The first kappa shape index (κ1) is 14.8. The highest BCUT2D eigenvalue weighted by Gasteiger charge is 2.08. The molecule has 2 aromatic heterocycles. The minimum atomic E-state index is 0.798. The number of benzene rings is 2. The first-order chi connectivity index (χ1) is 11.7. The quantitative estimate of drug-likeness (QED) is 0.555. The number of aryl methyl sites for hydroxylation is 4. The maximum atomic E-state index is 4.75. The van der Waals surface area contributed by atoms with Crippen LogP contribution in [0, 0.1) is 13.8 Å². The second kappa shape index (κ2) is 6.00. The number of hydrogen-bond acceptors (Lipinski definition) is 3. The van der Waals surface area contributed by atoms with E-state index in [9.17, 15) is 0 Å². The van der Waals surface area contributed by atoms with Crippen LogP contribution in [0.3, 0.4) is 0 Å². The van der Waals surface area contributed by atoms with Crippen molar-refractivity contribution < 1.29 is 0 Å². The Morgan fingerprint density at radius 3 is 2.38 bits per heavy atom. The van der Waals surface area contributed by atoms with E-state index < -0.39 is 0 Å². The molecule has 118 valence electrons. The summed E-state index contributed by atoms with van der Waals surface area (Å²) in [6, 6.07) is 18.7. The molecule has 24 heavy (non-hydrogen) atoms. The summed E-state index contributed by atoms with van der Waals surface area (Å²) in [5.74, 6) is 0.888. The van der Waals surface area contributed by atoms with E-state index in [2.05, 4.69) is 41.4 Å². The van der Waals surface area contributed by atoms with Gasteiger partial charge in [-0.15, -0.1) is 0 Å². The molecular weight excluding hydrogens is 294 g/mol. The molecule has 3 nitrogen and oxygen atoms in total. The summed E-state index contributed by atoms with van der Waals surface area (Å²) >= 11 is 0. The molecule has 3 heteroatoms. The molecule has 0 spiro atoms. The van der Waals surface area contributed by atoms with Gasteiger partial charge in [0.15, 0.2) is 0 Å². The topological polar surface area (TPSA) is 38.7 Å². The third kappa shape index (κ3) is 2.73. The average Bonchev–Trinajstić information content (AvgIpc) is 2.59. The van der Waals surface area contributed by atoms with Crippen molar-refractivity contribution >= 4 is 21.7 Å². The molecule has 0 radical (unpaired) electrons. The van der Waals surface area contributed by atoms with Gasteiger partial charge >= 0.3 is 0 Å². The summed E-state index contributed by atoms with van der Waals surface area (Å²) < 4.78 is 0. The molecule has 0 unspecified atom stereocenters. The Morgan fingerprint density at radius 2 is 1.50 bits per heavy atom. The van der Waals surface area contributed by atoms with Gasteiger partial charge in [0, 0.05) is 34.3 Å². The Kier molecular flexibility index (Phi) is 3.69. The number of aromatic nitrogens is 3. The standard InChI is InChI=1S/C21H19N3/c1-14-13-16-7-3-4-9-18(16)20(22-14)11-12-21-23-15(2)17-8-5-6-10-19(17)24-21/h3-10,13H,11-12H2,1-2H3. The molecule has 4 rings (SSSR count). The van der Waals surface area contributed by atoms with E-state index >= 15 is 0 Å². The van der Waals surface area contributed by atoms with Gasteiger partial charge in [-0.3, -0.25) is 4.98 Å². The van der Waals surface area contributed by atoms with Crippen LogP contribution in [0.25, 0.3) is 21.7 Å². The van der Waals surface area contributed by atoms with Crippen LogP contribution in [-0.2, 0) is 12.8 Å². The highest BCUT2D eigenvalue weighted by molar-refractivity contribution is 5.85. The minimum absolute atomic E-state index is 0.798. The fourth-order valence-electron chi connectivity index (χ4n) is 3.24. The zero-order chi connectivity index (χ0) is 16.5. The second-order valence-corrected chi connectivity index (χ2v) is 6.17. The molecule has 0 aliphatic rings. The lowest BCUT2D eigenvalue weighted by Gasteiger charge is -2.08. The van der Waals surface area contributed by atoms with E-state index in [1.165, 1.54) is 10.8 Å². The van der Waals surface area contributed by atoms with Crippen molar-refractivity contribution in [2.45, 2.75) is 26.7 Å². The first-order valence-electron chi connectivity index (χ1n) is 8.28. The Bertz CT molecular complexity index is 1040. The Labute approximate surface area is 141 Å².